The smallest absolute Gasteiger partial charge is 0.251 e. The third kappa shape index (κ3) is 3.39. The van der Waals surface area contributed by atoms with Crippen LogP contribution in [0.15, 0.2) is 48.5 Å². The van der Waals surface area contributed by atoms with Gasteiger partial charge >= 0.3 is 0 Å². The first kappa shape index (κ1) is 15.2. The number of halogens is 1. The second-order valence-corrected chi connectivity index (χ2v) is 5.72. The van der Waals surface area contributed by atoms with E-state index in [4.69, 9.17) is 0 Å². The molecule has 2 amide bonds. The highest BCUT2D eigenvalue weighted by molar-refractivity contribution is 5.98. The quantitative estimate of drug-likeness (QED) is 0.947. The number of rotatable bonds is 3. The van der Waals surface area contributed by atoms with Crippen molar-refractivity contribution in [2.75, 3.05) is 11.4 Å². The van der Waals surface area contributed by atoms with Crippen LogP contribution in [0.25, 0.3) is 0 Å². The molecule has 5 heteroatoms. The van der Waals surface area contributed by atoms with Gasteiger partial charge in [-0.05, 0) is 37.3 Å². The van der Waals surface area contributed by atoms with E-state index in [1.807, 2.05) is 31.2 Å². The highest BCUT2D eigenvalue weighted by Crippen LogP contribution is 2.22. The maximum Gasteiger partial charge on any atom is 0.251 e. The Hall–Kier alpha value is -2.69. The van der Waals surface area contributed by atoms with Crippen LogP contribution in [0.5, 0.6) is 0 Å². The standard InChI is InChI=1S/C18H17FN2O2/c1-12-5-7-16(8-6-12)21-11-15(10-17(21)22)20-18(23)13-3-2-4-14(19)9-13/h2-9,15H,10-11H2,1H3,(H,20,23)/t15-/m1/s1. The molecule has 0 aliphatic carbocycles. The zero-order valence-corrected chi connectivity index (χ0v) is 12.8. The van der Waals surface area contributed by atoms with Crippen molar-refractivity contribution in [1.82, 2.24) is 5.32 Å². The fraction of sp³-hybridized carbons (Fsp3) is 0.222. The lowest BCUT2D eigenvalue weighted by molar-refractivity contribution is -0.117. The Morgan fingerprint density at radius 3 is 2.65 bits per heavy atom. The number of hydrogen-bond donors (Lipinski definition) is 1. The van der Waals surface area contributed by atoms with Crippen molar-refractivity contribution >= 4 is 17.5 Å². The van der Waals surface area contributed by atoms with Crippen LogP contribution in [-0.4, -0.2) is 24.4 Å². The zero-order valence-electron chi connectivity index (χ0n) is 12.8. The molecule has 1 heterocycles. The van der Waals surface area contributed by atoms with Gasteiger partial charge in [0.15, 0.2) is 0 Å². The lowest BCUT2D eigenvalue weighted by atomic mass is 10.2. The topological polar surface area (TPSA) is 49.4 Å². The normalized spacial score (nSPS) is 17.4. The molecule has 0 saturated carbocycles. The van der Waals surface area contributed by atoms with E-state index in [-0.39, 0.29) is 29.8 Å². The molecule has 1 fully saturated rings. The van der Waals surface area contributed by atoms with Crippen LogP contribution in [0, 0.1) is 12.7 Å². The van der Waals surface area contributed by atoms with Crippen molar-refractivity contribution in [1.29, 1.82) is 0 Å². The zero-order chi connectivity index (χ0) is 16.4. The third-order valence-corrected chi connectivity index (χ3v) is 3.89. The molecule has 23 heavy (non-hydrogen) atoms. The largest absolute Gasteiger partial charge is 0.347 e. The number of amides is 2. The van der Waals surface area contributed by atoms with Crippen LogP contribution < -0.4 is 10.2 Å². The van der Waals surface area contributed by atoms with Crippen LogP contribution in [0.4, 0.5) is 10.1 Å². The average molecular weight is 312 g/mol. The monoisotopic (exact) mass is 312 g/mol. The molecule has 0 spiro atoms. The molecule has 118 valence electrons. The highest BCUT2D eigenvalue weighted by atomic mass is 19.1. The molecule has 1 N–H and O–H groups in total. The molecule has 0 bridgehead atoms. The second kappa shape index (κ2) is 6.20. The summed E-state index contributed by atoms with van der Waals surface area (Å²) in [5.74, 6) is -0.854. The third-order valence-electron chi connectivity index (χ3n) is 3.89. The Kier molecular flexibility index (Phi) is 4.10. The predicted octanol–water partition coefficient (Wildman–Crippen LogP) is 2.67. The molecule has 1 aliphatic rings. The molecule has 1 atom stereocenters. The summed E-state index contributed by atoms with van der Waals surface area (Å²) < 4.78 is 13.2. The van der Waals surface area contributed by atoms with E-state index in [2.05, 4.69) is 5.32 Å². The maximum absolute atomic E-state index is 13.2. The summed E-state index contributed by atoms with van der Waals surface area (Å²) >= 11 is 0. The molecule has 1 aliphatic heterocycles. The number of nitrogens with zero attached hydrogens (tertiary/aromatic N) is 1. The van der Waals surface area contributed by atoms with Gasteiger partial charge in [-0.3, -0.25) is 9.59 Å². The van der Waals surface area contributed by atoms with Gasteiger partial charge in [-0.2, -0.15) is 0 Å². The lowest BCUT2D eigenvalue weighted by Crippen LogP contribution is -2.37. The van der Waals surface area contributed by atoms with E-state index in [0.717, 1.165) is 11.3 Å². The Bertz CT molecular complexity index is 743. The van der Waals surface area contributed by atoms with Gasteiger partial charge in [-0.15, -0.1) is 0 Å². The summed E-state index contributed by atoms with van der Waals surface area (Å²) in [7, 11) is 0. The van der Waals surface area contributed by atoms with Gasteiger partial charge in [-0.25, -0.2) is 4.39 Å². The molecule has 2 aromatic rings. The number of carbonyl (C=O) groups is 2. The number of aryl methyl sites for hydroxylation is 1. The summed E-state index contributed by atoms with van der Waals surface area (Å²) in [5.41, 5.74) is 2.20. The van der Waals surface area contributed by atoms with Crippen LogP contribution in [0.1, 0.15) is 22.3 Å². The molecular formula is C18H17FN2O2. The van der Waals surface area contributed by atoms with Crippen molar-refractivity contribution in [2.24, 2.45) is 0 Å². The van der Waals surface area contributed by atoms with Crippen molar-refractivity contribution in [3.05, 3.63) is 65.5 Å². The van der Waals surface area contributed by atoms with Crippen LogP contribution in [-0.2, 0) is 4.79 Å². The van der Waals surface area contributed by atoms with Gasteiger partial charge in [0.05, 0.1) is 6.04 Å². The van der Waals surface area contributed by atoms with Crippen LogP contribution in [0.3, 0.4) is 0 Å². The summed E-state index contributed by atoms with van der Waals surface area (Å²) in [5, 5.41) is 2.80. The molecule has 3 rings (SSSR count). The SMILES string of the molecule is Cc1ccc(N2C[C@H](NC(=O)c3cccc(F)c3)CC2=O)cc1. The number of carbonyl (C=O) groups excluding carboxylic acids is 2. The van der Waals surface area contributed by atoms with Gasteiger partial charge in [0.25, 0.3) is 5.91 Å². The minimum atomic E-state index is -0.457. The summed E-state index contributed by atoms with van der Waals surface area (Å²) in [6.45, 7) is 2.40. The van der Waals surface area contributed by atoms with E-state index >= 15 is 0 Å². The second-order valence-electron chi connectivity index (χ2n) is 5.72. The molecule has 0 aromatic heterocycles. The van der Waals surface area contributed by atoms with Crippen molar-refractivity contribution in [3.8, 4) is 0 Å². The van der Waals surface area contributed by atoms with E-state index in [1.54, 1.807) is 11.0 Å². The van der Waals surface area contributed by atoms with Crippen molar-refractivity contribution < 1.29 is 14.0 Å². The Labute approximate surface area is 133 Å². The van der Waals surface area contributed by atoms with Crippen LogP contribution >= 0.6 is 0 Å². The Morgan fingerprint density at radius 1 is 1.22 bits per heavy atom. The molecule has 1 saturated heterocycles. The van der Waals surface area contributed by atoms with E-state index in [1.165, 1.54) is 18.2 Å². The Balaban J connectivity index is 1.68. The first-order valence-corrected chi connectivity index (χ1v) is 7.46. The summed E-state index contributed by atoms with van der Waals surface area (Å²) in [6, 6.07) is 12.9. The summed E-state index contributed by atoms with van der Waals surface area (Å²) in [4.78, 5) is 26.0. The molecule has 4 nitrogen and oxygen atoms in total. The molecular weight excluding hydrogens is 295 g/mol. The number of nitrogens with one attached hydrogen (secondary N) is 1. The van der Waals surface area contributed by atoms with Gasteiger partial charge in [0.1, 0.15) is 5.82 Å². The van der Waals surface area contributed by atoms with Gasteiger partial charge < -0.3 is 10.2 Å². The van der Waals surface area contributed by atoms with E-state index in [0.29, 0.717) is 6.54 Å². The summed E-state index contributed by atoms with van der Waals surface area (Å²) in [6.07, 6.45) is 0.245. The minimum absolute atomic E-state index is 0.0293. The fourth-order valence-corrected chi connectivity index (χ4v) is 2.68. The lowest BCUT2D eigenvalue weighted by Gasteiger charge is -2.17. The van der Waals surface area contributed by atoms with Gasteiger partial charge in [-0.1, -0.05) is 23.8 Å². The van der Waals surface area contributed by atoms with E-state index < -0.39 is 5.82 Å². The fourth-order valence-electron chi connectivity index (χ4n) is 2.68. The average Bonchev–Trinajstić information content (AvgIpc) is 2.88. The number of benzene rings is 2. The minimum Gasteiger partial charge on any atom is -0.347 e. The first-order valence-electron chi connectivity index (χ1n) is 7.46. The van der Waals surface area contributed by atoms with Gasteiger partial charge in [0, 0.05) is 24.2 Å². The molecule has 0 unspecified atom stereocenters. The first-order chi connectivity index (χ1) is 11.0. The molecule has 2 aromatic carbocycles. The van der Waals surface area contributed by atoms with Gasteiger partial charge in [0.2, 0.25) is 5.91 Å². The van der Waals surface area contributed by atoms with E-state index in [9.17, 15) is 14.0 Å². The number of hydrogen-bond acceptors (Lipinski definition) is 2. The highest BCUT2D eigenvalue weighted by Gasteiger charge is 2.31. The van der Waals surface area contributed by atoms with Crippen molar-refractivity contribution in [2.45, 2.75) is 19.4 Å². The Morgan fingerprint density at radius 2 is 1.96 bits per heavy atom. The molecule has 0 radical (unpaired) electrons. The van der Waals surface area contributed by atoms with Crippen molar-refractivity contribution in [3.63, 3.8) is 0 Å². The predicted molar refractivity (Wildman–Crippen MR) is 85.8 cm³/mol. The van der Waals surface area contributed by atoms with Crippen LogP contribution in [0.2, 0.25) is 0 Å². The number of anilines is 1. The maximum atomic E-state index is 13.2.